The molecular weight excluding hydrogens is 242 g/mol. The summed E-state index contributed by atoms with van der Waals surface area (Å²) in [6.07, 6.45) is 1.60. The highest BCUT2D eigenvalue weighted by Gasteiger charge is 2.15. The topological polar surface area (TPSA) is 85.8 Å². The molecule has 3 N–H and O–H groups in total. The molecule has 1 aromatic carbocycles. The lowest BCUT2D eigenvalue weighted by Gasteiger charge is -2.13. The standard InChI is InChI=1S/C13H17N5O/c1-8-4-10(6-11(14)5-8)13(19)16-9(2)12-17-15-7-18(12)3/h4-7,9H,14H2,1-3H3,(H,16,19). The molecule has 1 amide bonds. The van der Waals surface area contributed by atoms with Crippen molar-refractivity contribution in [1.29, 1.82) is 0 Å². The van der Waals surface area contributed by atoms with Crippen LogP contribution in [-0.2, 0) is 7.05 Å². The highest BCUT2D eigenvalue weighted by atomic mass is 16.1. The Morgan fingerprint density at radius 2 is 2.16 bits per heavy atom. The van der Waals surface area contributed by atoms with Crippen LogP contribution in [0.25, 0.3) is 0 Å². The molecule has 6 nitrogen and oxygen atoms in total. The zero-order valence-electron chi connectivity index (χ0n) is 11.2. The smallest absolute Gasteiger partial charge is 0.251 e. The fraction of sp³-hybridized carbons (Fsp3) is 0.308. The van der Waals surface area contributed by atoms with Crippen LogP contribution in [0.1, 0.15) is 34.7 Å². The Morgan fingerprint density at radius 3 is 2.74 bits per heavy atom. The van der Waals surface area contributed by atoms with Gasteiger partial charge in [0.25, 0.3) is 5.91 Å². The van der Waals surface area contributed by atoms with Crippen LogP contribution in [0.3, 0.4) is 0 Å². The van der Waals surface area contributed by atoms with Gasteiger partial charge in [0, 0.05) is 18.3 Å². The van der Waals surface area contributed by atoms with E-state index in [1.165, 1.54) is 0 Å². The van der Waals surface area contributed by atoms with Gasteiger partial charge in [0.2, 0.25) is 0 Å². The second-order valence-corrected chi connectivity index (χ2v) is 4.63. The van der Waals surface area contributed by atoms with Crippen molar-refractivity contribution >= 4 is 11.6 Å². The van der Waals surface area contributed by atoms with Crippen molar-refractivity contribution < 1.29 is 4.79 Å². The molecule has 19 heavy (non-hydrogen) atoms. The minimum atomic E-state index is -0.221. The number of benzene rings is 1. The minimum absolute atomic E-state index is 0.175. The van der Waals surface area contributed by atoms with Gasteiger partial charge in [-0.1, -0.05) is 0 Å². The van der Waals surface area contributed by atoms with Gasteiger partial charge in [0.15, 0.2) is 5.82 Å². The molecule has 0 aliphatic heterocycles. The van der Waals surface area contributed by atoms with E-state index < -0.39 is 0 Å². The van der Waals surface area contributed by atoms with Crippen LogP contribution in [0.2, 0.25) is 0 Å². The fourth-order valence-electron chi connectivity index (χ4n) is 1.97. The number of amides is 1. The van der Waals surface area contributed by atoms with E-state index in [-0.39, 0.29) is 11.9 Å². The first-order valence-electron chi connectivity index (χ1n) is 5.99. The normalized spacial score (nSPS) is 12.2. The maximum Gasteiger partial charge on any atom is 0.251 e. The zero-order valence-corrected chi connectivity index (χ0v) is 11.2. The summed E-state index contributed by atoms with van der Waals surface area (Å²) in [4.78, 5) is 12.1. The molecule has 1 atom stereocenters. The Kier molecular flexibility index (Phi) is 3.50. The minimum Gasteiger partial charge on any atom is -0.399 e. The number of carbonyl (C=O) groups excluding carboxylic acids is 1. The van der Waals surface area contributed by atoms with Gasteiger partial charge in [0.05, 0.1) is 6.04 Å². The van der Waals surface area contributed by atoms with Crippen LogP contribution in [0, 0.1) is 6.92 Å². The average molecular weight is 259 g/mol. The molecular formula is C13H17N5O. The predicted molar refractivity (Wildman–Crippen MR) is 72.5 cm³/mol. The number of nitrogens with zero attached hydrogens (tertiary/aromatic N) is 3. The molecule has 2 rings (SSSR count). The summed E-state index contributed by atoms with van der Waals surface area (Å²) < 4.78 is 1.77. The summed E-state index contributed by atoms with van der Waals surface area (Å²) in [7, 11) is 1.84. The van der Waals surface area contributed by atoms with E-state index in [0.29, 0.717) is 17.1 Å². The van der Waals surface area contributed by atoms with Crippen molar-refractivity contribution in [3.8, 4) is 0 Å². The number of carbonyl (C=O) groups is 1. The molecule has 0 aliphatic rings. The van der Waals surface area contributed by atoms with E-state index in [2.05, 4.69) is 15.5 Å². The van der Waals surface area contributed by atoms with Crippen LogP contribution in [0.5, 0.6) is 0 Å². The SMILES string of the molecule is Cc1cc(N)cc(C(=O)NC(C)c2nncn2C)c1. The first kappa shape index (κ1) is 13.1. The molecule has 1 heterocycles. The van der Waals surface area contributed by atoms with E-state index in [4.69, 9.17) is 5.73 Å². The third-order valence-corrected chi connectivity index (χ3v) is 2.84. The second kappa shape index (κ2) is 5.09. The monoisotopic (exact) mass is 259 g/mol. The number of anilines is 1. The number of nitrogens with two attached hydrogens (primary N) is 1. The summed E-state index contributed by atoms with van der Waals surface area (Å²) in [5.41, 5.74) is 7.82. The molecule has 0 bridgehead atoms. The number of hydrogen-bond donors (Lipinski definition) is 2. The summed E-state index contributed by atoms with van der Waals surface area (Å²) >= 11 is 0. The molecule has 1 unspecified atom stereocenters. The Morgan fingerprint density at radius 1 is 1.42 bits per heavy atom. The highest BCUT2D eigenvalue weighted by molar-refractivity contribution is 5.95. The van der Waals surface area contributed by atoms with E-state index >= 15 is 0 Å². The Bertz CT molecular complexity index is 585. The lowest BCUT2D eigenvalue weighted by Crippen LogP contribution is -2.28. The highest BCUT2D eigenvalue weighted by Crippen LogP contribution is 2.13. The summed E-state index contributed by atoms with van der Waals surface area (Å²) in [6, 6.07) is 5.06. The Balaban J connectivity index is 2.15. The third kappa shape index (κ3) is 2.90. The van der Waals surface area contributed by atoms with Crippen molar-refractivity contribution in [3.05, 3.63) is 41.5 Å². The first-order valence-corrected chi connectivity index (χ1v) is 5.99. The van der Waals surface area contributed by atoms with Crippen molar-refractivity contribution in [2.45, 2.75) is 19.9 Å². The summed E-state index contributed by atoms with van der Waals surface area (Å²) in [6.45, 7) is 3.76. The van der Waals surface area contributed by atoms with Gasteiger partial charge in [-0.05, 0) is 37.6 Å². The molecule has 0 spiro atoms. The van der Waals surface area contributed by atoms with Crippen molar-refractivity contribution in [2.75, 3.05) is 5.73 Å². The molecule has 0 saturated carbocycles. The third-order valence-electron chi connectivity index (χ3n) is 2.84. The molecule has 1 aromatic heterocycles. The lowest BCUT2D eigenvalue weighted by atomic mass is 10.1. The molecule has 2 aromatic rings. The first-order chi connectivity index (χ1) is 8.97. The molecule has 0 saturated heterocycles. The fourth-order valence-corrected chi connectivity index (χ4v) is 1.97. The second-order valence-electron chi connectivity index (χ2n) is 4.63. The van der Waals surface area contributed by atoms with E-state index in [0.717, 1.165) is 5.56 Å². The van der Waals surface area contributed by atoms with Gasteiger partial charge >= 0.3 is 0 Å². The van der Waals surface area contributed by atoms with E-state index in [1.807, 2.05) is 27.0 Å². The largest absolute Gasteiger partial charge is 0.399 e. The molecule has 6 heteroatoms. The van der Waals surface area contributed by atoms with Gasteiger partial charge in [0.1, 0.15) is 6.33 Å². The number of aromatic nitrogens is 3. The van der Waals surface area contributed by atoms with Gasteiger partial charge in [-0.15, -0.1) is 10.2 Å². The molecule has 0 fully saturated rings. The van der Waals surface area contributed by atoms with Gasteiger partial charge < -0.3 is 15.6 Å². The van der Waals surface area contributed by atoms with Crippen LogP contribution in [0.4, 0.5) is 5.69 Å². The van der Waals surface area contributed by atoms with Crippen molar-refractivity contribution in [3.63, 3.8) is 0 Å². The van der Waals surface area contributed by atoms with Crippen molar-refractivity contribution in [1.82, 2.24) is 20.1 Å². The number of rotatable bonds is 3. The maximum atomic E-state index is 12.1. The van der Waals surface area contributed by atoms with Crippen molar-refractivity contribution in [2.24, 2.45) is 7.05 Å². The Labute approximate surface area is 111 Å². The summed E-state index contributed by atoms with van der Waals surface area (Å²) in [5.74, 6) is 0.528. The average Bonchev–Trinajstić information content (AvgIpc) is 2.74. The Hall–Kier alpha value is -2.37. The number of nitrogen functional groups attached to an aromatic ring is 1. The number of aryl methyl sites for hydroxylation is 2. The van der Waals surface area contributed by atoms with Crippen LogP contribution >= 0.6 is 0 Å². The number of nitrogens with one attached hydrogen (secondary N) is 1. The predicted octanol–water partition coefficient (Wildman–Crippen LogP) is 1.20. The van der Waals surface area contributed by atoms with Crippen LogP contribution < -0.4 is 11.1 Å². The van der Waals surface area contributed by atoms with Crippen LogP contribution in [0.15, 0.2) is 24.5 Å². The number of hydrogen-bond acceptors (Lipinski definition) is 4. The van der Waals surface area contributed by atoms with Gasteiger partial charge in [-0.3, -0.25) is 4.79 Å². The quantitative estimate of drug-likeness (QED) is 0.811. The lowest BCUT2D eigenvalue weighted by molar-refractivity contribution is 0.0937. The van der Waals surface area contributed by atoms with Gasteiger partial charge in [-0.2, -0.15) is 0 Å². The van der Waals surface area contributed by atoms with E-state index in [9.17, 15) is 4.79 Å². The maximum absolute atomic E-state index is 12.1. The molecule has 0 aliphatic carbocycles. The molecule has 0 radical (unpaired) electrons. The zero-order chi connectivity index (χ0) is 14.0. The molecule has 100 valence electrons. The van der Waals surface area contributed by atoms with Crippen LogP contribution in [-0.4, -0.2) is 20.7 Å². The summed E-state index contributed by atoms with van der Waals surface area (Å²) in [5, 5.41) is 10.6. The van der Waals surface area contributed by atoms with E-state index in [1.54, 1.807) is 23.0 Å². The van der Waals surface area contributed by atoms with Gasteiger partial charge in [-0.25, -0.2) is 0 Å².